The number of benzene rings is 2. The van der Waals surface area contributed by atoms with Gasteiger partial charge in [0.2, 0.25) is 11.2 Å². The van der Waals surface area contributed by atoms with Crippen molar-refractivity contribution in [1.82, 2.24) is 59.9 Å². The number of urea groups is 2. The van der Waals surface area contributed by atoms with E-state index in [4.69, 9.17) is 31.8 Å². The van der Waals surface area contributed by atoms with Gasteiger partial charge in [-0.25, -0.2) is 29.5 Å². The number of hydrogen-bond donors (Lipinski definition) is 4. The van der Waals surface area contributed by atoms with E-state index in [0.29, 0.717) is 32.1 Å². The van der Waals surface area contributed by atoms with Crippen LogP contribution >= 0.6 is 11.6 Å². The van der Waals surface area contributed by atoms with E-state index in [9.17, 15) is 9.59 Å². The summed E-state index contributed by atoms with van der Waals surface area (Å²) < 4.78 is 16.0. The Labute approximate surface area is 457 Å². The first-order chi connectivity index (χ1) is 37.0. The fourth-order valence-electron chi connectivity index (χ4n) is 11.3. The maximum Gasteiger partial charge on any atom is 0.318 e. The molecule has 12 rings (SSSR count). The first-order valence-corrected chi connectivity index (χ1v) is 28.0. The van der Waals surface area contributed by atoms with E-state index in [1.165, 1.54) is 40.1 Å². The lowest BCUT2D eigenvalue weighted by atomic mass is 9.95. The van der Waals surface area contributed by atoms with Crippen LogP contribution < -0.4 is 21.7 Å². The maximum atomic E-state index is 13.0. The van der Waals surface area contributed by atoms with Gasteiger partial charge in [0.25, 0.3) is 0 Å². The normalized spacial score (nSPS) is 19.1. The van der Waals surface area contributed by atoms with Crippen molar-refractivity contribution in [2.45, 2.75) is 167 Å². The fraction of sp³-hybridized carbons (Fsp3) is 0.517. The molecule has 19 heteroatoms. The third-order valence-corrected chi connectivity index (χ3v) is 15.1. The molecule has 2 saturated heterocycles. The smallest absolute Gasteiger partial charge is 0.318 e. The molecule has 2 atom stereocenters. The van der Waals surface area contributed by atoms with Gasteiger partial charge in [-0.3, -0.25) is 9.36 Å². The van der Waals surface area contributed by atoms with Gasteiger partial charge >= 0.3 is 12.1 Å². The number of amides is 4. The highest BCUT2D eigenvalue weighted by atomic mass is 35.5. The van der Waals surface area contributed by atoms with Crippen LogP contribution in [0.15, 0.2) is 73.3 Å². The van der Waals surface area contributed by atoms with Crippen molar-refractivity contribution in [2.24, 2.45) is 0 Å². The highest BCUT2D eigenvalue weighted by Crippen LogP contribution is 2.35. The van der Waals surface area contributed by atoms with Gasteiger partial charge in [0, 0.05) is 36.6 Å². The van der Waals surface area contributed by atoms with Crippen LogP contribution in [0.25, 0.3) is 22.5 Å². The van der Waals surface area contributed by atoms with Crippen molar-refractivity contribution in [3.8, 4) is 22.5 Å². The number of fused-ring (bicyclic) bond motifs is 4. The number of nitrogens with two attached hydrogens (primary N) is 1. The molecule has 0 bridgehead atoms. The van der Waals surface area contributed by atoms with Crippen LogP contribution in [0.4, 0.5) is 26.9 Å². The number of aromatic nitrogens is 8. The zero-order valence-corrected chi connectivity index (χ0v) is 46.3. The second kappa shape index (κ2) is 23.1. The van der Waals surface area contributed by atoms with Gasteiger partial charge in [0.15, 0.2) is 0 Å². The van der Waals surface area contributed by atoms with Crippen molar-refractivity contribution in [3.63, 3.8) is 0 Å². The van der Waals surface area contributed by atoms with E-state index in [2.05, 4.69) is 98.3 Å². The monoisotopic (exact) mass is 1070 g/mol. The number of halogens is 1. The molecule has 8 heterocycles. The molecule has 6 aliphatic rings. The molecule has 4 aliphatic heterocycles. The van der Waals surface area contributed by atoms with Gasteiger partial charge < -0.3 is 41.0 Å². The lowest BCUT2D eigenvalue weighted by Crippen LogP contribution is -2.59. The van der Waals surface area contributed by atoms with Gasteiger partial charge in [-0.2, -0.15) is 10.2 Å². The number of nitrogens with one attached hydrogen (secondary N) is 3. The molecule has 5 N–H and O–H groups in total. The van der Waals surface area contributed by atoms with E-state index in [1.807, 2.05) is 58.3 Å². The molecule has 4 amide bonds. The van der Waals surface area contributed by atoms with E-state index in [-0.39, 0.29) is 52.8 Å². The van der Waals surface area contributed by atoms with Crippen LogP contribution in [0.2, 0.25) is 5.28 Å². The summed E-state index contributed by atoms with van der Waals surface area (Å²) in [5.41, 5.74) is 18.3. The van der Waals surface area contributed by atoms with E-state index in [0.717, 1.165) is 118 Å². The van der Waals surface area contributed by atoms with Gasteiger partial charge in [-0.05, 0) is 164 Å². The summed E-state index contributed by atoms with van der Waals surface area (Å²) >= 11 is 5.96. The number of nitrogens with zero attached hydrogens (tertiary/aromatic N) is 10. The van der Waals surface area contributed by atoms with Crippen LogP contribution in [0, 0.1) is 0 Å². The predicted octanol–water partition coefficient (Wildman–Crippen LogP) is 10.2. The van der Waals surface area contributed by atoms with Gasteiger partial charge in [0.05, 0.1) is 108 Å². The molecular weight excluding hydrogens is 992 g/mol. The lowest BCUT2D eigenvalue weighted by Gasteiger charge is -2.42. The first kappa shape index (κ1) is 53.8. The minimum absolute atomic E-state index is 0.00106. The average molecular weight is 1070 g/mol. The molecule has 4 aromatic heterocycles. The molecule has 18 nitrogen and oxygen atoms in total. The zero-order chi connectivity index (χ0) is 53.8. The lowest BCUT2D eigenvalue weighted by molar-refractivity contribution is -0.111. The minimum atomic E-state index is -0.189. The van der Waals surface area contributed by atoms with Crippen LogP contribution in [0.3, 0.4) is 0 Å². The van der Waals surface area contributed by atoms with Crippen LogP contribution in [0.5, 0.6) is 0 Å². The van der Waals surface area contributed by atoms with E-state index >= 15 is 0 Å². The highest BCUT2D eigenvalue weighted by Gasteiger charge is 2.37. The van der Waals surface area contributed by atoms with Gasteiger partial charge in [0.1, 0.15) is 0 Å². The number of aryl methyl sites for hydroxylation is 4. The second-order valence-corrected chi connectivity index (χ2v) is 23.5. The molecule has 2 unspecified atom stereocenters. The van der Waals surface area contributed by atoms with E-state index in [1.54, 1.807) is 18.6 Å². The number of rotatable bonds is 8. The predicted molar refractivity (Wildman–Crippen MR) is 299 cm³/mol. The van der Waals surface area contributed by atoms with Crippen molar-refractivity contribution in [2.75, 3.05) is 37.2 Å². The van der Waals surface area contributed by atoms with Gasteiger partial charge in [-0.1, -0.05) is 37.1 Å². The quantitative estimate of drug-likeness (QED) is 0.0830. The summed E-state index contributed by atoms with van der Waals surface area (Å²) in [5.74, 6) is 0.577. The molecule has 2 fully saturated rings. The Balaban J connectivity index is 0.000000153. The summed E-state index contributed by atoms with van der Waals surface area (Å²) in [7, 11) is 0. The topological polar surface area (TPSA) is 208 Å². The third-order valence-electron chi connectivity index (χ3n) is 14.9. The molecule has 2 aliphatic carbocycles. The Bertz CT molecular complexity index is 3040. The molecule has 2 aromatic carbocycles. The van der Waals surface area contributed by atoms with Crippen LogP contribution in [-0.4, -0.2) is 111 Å². The highest BCUT2D eigenvalue weighted by molar-refractivity contribution is 6.28. The maximum absolute atomic E-state index is 13.0. The number of hydrogen-bond acceptors (Lipinski definition) is 12. The minimum Gasteiger partial charge on any atom is -0.396 e. The second-order valence-electron chi connectivity index (χ2n) is 23.1. The van der Waals surface area contributed by atoms with Crippen molar-refractivity contribution < 1.29 is 19.1 Å². The SMILES string of the molecule is CC(C)(C)OC1CN(C(=O)NC2CCCCc3cc(-c4ccnc(Cl)n4)ccc32)C1.CC(C)(C)OC1CN(C(=O)NC2CCCCc3cc(-c4ccnc(Nc5cnn6c5CCC6)n4)ccc32)C1.Nc1cnn2c1CCC2. The Morgan fingerprint density at radius 2 is 1.13 bits per heavy atom. The van der Waals surface area contributed by atoms with Crippen molar-refractivity contribution >= 4 is 41.0 Å². The number of carbonyl (C=O) groups excluding carboxylic acids is 2. The number of anilines is 3. The molecule has 77 heavy (non-hydrogen) atoms. The standard InChI is InChI=1S/C29H37N7O2.C23H29ClN4O2.C6H9N3/c1-29(2,3)38-21-17-35(18-21)28(37)34-24-8-5-4-7-19-15-20(10-11-22(19)24)23-12-13-30-27(32-23)33-25-16-31-36-14-6-9-26(25)36;1-23(2,3)30-17-13-28(14-17)22(29)27-20-7-5-4-6-15-12-16(8-9-18(15)20)19-10-11-25-21(24)26-19;7-5-4-8-9-3-1-2-6(5)9/h10-13,15-16,21,24H,4-9,14,17-18H2,1-3H3,(H,34,37)(H,30,32,33);8-12,17,20H,4-7,13-14H2,1-3H3,(H,27,29);4H,1-3,7H2. The van der Waals surface area contributed by atoms with E-state index < -0.39 is 0 Å². The number of ether oxygens (including phenoxy) is 2. The zero-order valence-electron chi connectivity index (χ0n) is 45.5. The molecule has 6 aromatic rings. The molecule has 408 valence electrons. The molecule has 0 radical (unpaired) electrons. The third kappa shape index (κ3) is 13.4. The average Bonchev–Trinajstić information content (AvgIpc) is 4.15. The number of carbonyl (C=O) groups is 2. The molecule has 0 saturated carbocycles. The Hall–Kier alpha value is -6.63. The summed E-state index contributed by atoms with van der Waals surface area (Å²) in [4.78, 5) is 47.0. The summed E-state index contributed by atoms with van der Waals surface area (Å²) in [6.45, 7) is 16.9. The Morgan fingerprint density at radius 1 is 0.623 bits per heavy atom. The molecule has 0 spiro atoms. The van der Waals surface area contributed by atoms with Crippen molar-refractivity contribution in [3.05, 3.63) is 112 Å². The van der Waals surface area contributed by atoms with Gasteiger partial charge in [-0.15, -0.1) is 0 Å². The van der Waals surface area contributed by atoms with Crippen molar-refractivity contribution in [1.29, 1.82) is 0 Å². The Morgan fingerprint density at radius 3 is 1.66 bits per heavy atom. The summed E-state index contributed by atoms with van der Waals surface area (Å²) in [6.07, 6.45) is 20.0. The summed E-state index contributed by atoms with van der Waals surface area (Å²) in [6, 6.07) is 16.7. The molecular formula is C58H75ClN14O4. The fourth-order valence-corrected chi connectivity index (χ4v) is 11.4. The Kier molecular flexibility index (Phi) is 16.2. The van der Waals surface area contributed by atoms with Crippen LogP contribution in [0.1, 0.15) is 139 Å². The van der Waals surface area contributed by atoms with Crippen LogP contribution in [-0.2, 0) is 48.2 Å². The number of nitrogen functional groups attached to an aromatic ring is 1. The summed E-state index contributed by atoms with van der Waals surface area (Å²) in [5, 5.41) is 18.7. The first-order valence-electron chi connectivity index (χ1n) is 27.6. The largest absolute Gasteiger partial charge is 0.396 e. The number of likely N-dealkylation sites (tertiary alicyclic amines) is 2.